The van der Waals surface area contributed by atoms with Crippen LogP contribution in [0.4, 0.5) is 9.52 Å². The predicted molar refractivity (Wildman–Crippen MR) is 188 cm³/mol. The molecular formula is C38H28FN3O5S2. The Balaban J connectivity index is 1.22. The van der Waals surface area contributed by atoms with Gasteiger partial charge in [0.2, 0.25) is 5.13 Å². The van der Waals surface area contributed by atoms with Crippen LogP contribution in [0.15, 0.2) is 125 Å². The number of ether oxygens (including phenoxy) is 2. The SMILES string of the molecule is COc1ccc(/C(O)=C2\C(=O)C(=O)N(c3nnc(SCc4cccc5ccccc45)s3)C2c2ccc(OCc3ccccc3)cc2)cc1F. The predicted octanol–water partition coefficient (Wildman–Crippen LogP) is 8.34. The molecule has 0 saturated carbocycles. The first-order valence-corrected chi connectivity index (χ1v) is 17.1. The molecule has 244 valence electrons. The standard InChI is InChI=1S/C38H28FN3O5S2/c1-46-31-19-16-26(20-30(31)39)34(43)32-33(25-14-17-28(18-15-25)47-21-23-8-3-2-4-9-23)42(36(45)35(32)44)37-40-41-38(49-37)48-22-27-12-7-11-24-10-5-6-13-29(24)27/h2-20,33,43H,21-22H2,1H3/b34-32+. The third kappa shape index (κ3) is 6.50. The third-order valence-corrected chi connectivity index (χ3v) is 10.3. The molecule has 6 aromatic rings. The van der Waals surface area contributed by atoms with E-state index in [0.717, 1.165) is 28.0 Å². The lowest BCUT2D eigenvalue weighted by Gasteiger charge is -2.22. The molecule has 1 fully saturated rings. The molecule has 1 amide bonds. The Morgan fingerprint density at radius 2 is 1.67 bits per heavy atom. The molecular weight excluding hydrogens is 662 g/mol. The zero-order valence-corrected chi connectivity index (χ0v) is 27.7. The van der Waals surface area contributed by atoms with E-state index < -0.39 is 29.3 Å². The van der Waals surface area contributed by atoms with E-state index in [-0.39, 0.29) is 22.0 Å². The number of aliphatic hydroxyl groups is 1. The van der Waals surface area contributed by atoms with Crippen LogP contribution in [-0.2, 0) is 21.9 Å². The fourth-order valence-corrected chi connectivity index (χ4v) is 7.59. The third-order valence-electron chi connectivity index (χ3n) is 8.15. The van der Waals surface area contributed by atoms with Crippen molar-refractivity contribution >= 4 is 56.5 Å². The normalized spacial score (nSPS) is 15.6. The fraction of sp³-hybridized carbons (Fsp3) is 0.105. The monoisotopic (exact) mass is 689 g/mol. The van der Waals surface area contributed by atoms with Gasteiger partial charge in [0.05, 0.1) is 18.7 Å². The summed E-state index contributed by atoms with van der Waals surface area (Å²) in [6, 6.07) is 33.6. The van der Waals surface area contributed by atoms with Gasteiger partial charge in [-0.25, -0.2) is 4.39 Å². The Morgan fingerprint density at radius 3 is 2.45 bits per heavy atom. The van der Waals surface area contributed by atoms with Crippen LogP contribution in [0.2, 0.25) is 0 Å². The summed E-state index contributed by atoms with van der Waals surface area (Å²) in [4.78, 5) is 28.6. The van der Waals surface area contributed by atoms with E-state index in [4.69, 9.17) is 9.47 Å². The molecule has 0 bridgehead atoms. The van der Waals surface area contributed by atoms with Gasteiger partial charge in [0.25, 0.3) is 5.78 Å². The number of ketones is 1. The van der Waals surface area contributed by atoms with Gasteiger partial charge in [0.15, 0.2) is 15.9 Å². The molecule has 1 atom stereocenters. The smallest absolute Gasteiger partial charge is 0.301 e. The van der Waals surface area contributed by atoms with E-state index >= 15 is 0 Å². The van der Waals surface area contributed by atoms with Gasteiger partial charge < -0.3 is 14.6 Å². The number of aromatic nitrogens is 2. The highest BCUT2D eigenvalue weighted by Crippen LogP contribution is 2.44. The number of amides is 1. The molecule has 1 unspecified atom stereocenters. The van der Waals surface area contributed by atoms with Crippen LogP contribution in [0.5, 0.6) is 11.5 Å². The average Bonchev–Trinajstić information content (AvgIpc) is 3.71. The Kier molecular flexibility index (Phi) is 9.10. The summed E-state index contributed by atoms with van der Waals surface area (Å²) in [6.07, 6.45) is 0. The summed E-state index contributed by atoms with van der Waals surface area (Å²) >= 11 is 2.65. The van der Waals surface area contributed by atoms with Gasteiger partial charge in [0.1, 0.15) is 18.1 Å². The second-order valence-corrected chi connectivity index (χ2v) is 13.3. The summed E-state index contributed by atoms with van der Waals surface area (Å²) in [7, 11) is 1.33. The first-order valence-electron chi connectivity index (χ1n) is 15.3. The van der Waals surface area contributed by atoms with Crippen molar-refractivity contribution in [3.63, 3.8) is 0 Å². The Morgan fingerprint density at radius 1 is 0.918 bits per heavy atom. The van der Waals surface area contributed by atoms with Crippen molar-refractivity contribution in [2.75, 3.05) is 12.0 Å². The number of rotatable bonds is 10. The Hall–Kier alpha value is -5.52. The van der Waals surface area contributed by atoms with Crippen LogP contribution in [0.1, 0.15) is 28.3 Å². The van der Waals surface area contributed by atoms with Gasteiger partial charge in [-0.05, 0) is 57.8 Å². The zero-order chi connectivity index (χ0) is 33.9. The number of hydrogen-bond donors (Lipinski definition) is 1. The number of anilines is 1. The Labute approximate surface area is 289 Å². The molecule has 2 heterocycles. The van der Waals surface area contributed by atoms with Crippen molar-refractivity contribution in [1.82, 2.24) is 10.2 Å². The second-order valence-electron chi connectivity index (χ2n) is 11.1. The van der Waals surface area contributed by atoms with Crippen molar-refractivity contribution in [1.29, 1.82) is 0 Å². The lowest BCUT2D eigenvalue weighted by Crippen LogP contribution is -2.29. The maximum absolute atomic E-state index is 14.7. The highest BCUT2D eigenvalue weighted by molar-refractivity contribution is 8.00. The molecule has 0 spiro atoms. The lowest BCUT2D eigenvalue weighted by atomic mass is 9.95. The summed E-state index contributed by atoms with van der Waals surface area (Å²) < 4.78 is 26.3. The lowest BCUT2D eigenvalue weighted by molar-refractivity contribution is -0.132. The van der Waals surface area contributed by atoms with E-state index in [0.29, 0.717) is 28.0 Å². The van der Waals surface area contributed by atoms with E-state index in [1.807, 2.05) is 48.5 Å². The van der Waals surface area contributed by atoms with Crippen LogP contribution in [0.3, 0.4) is 0 Å². The molecule has 1 saturated heterocycles. The van der Waals surface area contributed by atoms with Gasteiger partial charge in [0, 0.05) is 11.3 Å². The first-order chi connectivity index (χ1) is 23.9. The molecule has 1 aromatic heterocycles. The highest BCUT2D eigenvalue weighted by atomic mass is 32.2. The topological polar surface area (TPSA) is 102 Å². The summed E-state index contributed by atoms with van der Waals surface area (Å²) in [5.74, 6) is -1.89. The van der Waals surface area contributed by atoms with E-state index in [9.17, 15) is 19.1 Å². The highest BCUT2D eigenvalue weighted by Gasteiger charge is 2.48. The van der Waals surface area contributed by atoms with Gasteiger partial charge in [-0.1, -0.05) is 108 Å². The van der Waals surface area contributed by atoms with Crippen LogP contribution in [-0.4, -0.2) is 34.1 Å². The Bertz CT molecular complexity index is 2200. The van der Waals surface area contributed by atoms with Gasteiger partial charge in [-0.2, -0.15) is 0 Å². The molecule has 0 aliphatic carbocycles. The molecule has 8 nitrogen and oxygen atoms in total. The van der Waals surface area contributed by atoms with Gasteiger partial charge >= 0.3 is 5.91 Å². The molecule has 49 heavy (non-hydrogen) atoms. The van der Waals surface area contributed by atoms with E-state index in [1.165, 1.54) is 47.2 Å². The zero-order valence-electron chi connectivity index (χ0n) is 26.1. The fourth-order valence-electron chi connectivity index (χ4n) is 5.72. The van der Waals surface area contributed by atoms with Crippen LogP contribution < -0.4 is 14.4 Å². The molecule has 0 radical (unpaired) electrons. The summed E-state index contributed by atoms with van der Waals surface area (Å²) in [6.45, 7) is 0.353. The van der Waals surface area contributed by atoms with E-state index in [1.54, 1.807) is 24.3 Å². The number of fused-ring (bicyclic) bond motifs is 1. The minimum atomic E-state index is -1.07. The van der Waals surface area contributed by atoms with Crippen molar-refractivity contribution in [3.8, 4) is 11.5 Å². The minimum Gasteiger partial charge on any atom is -0.507 e. The molecule has 1 N–H and O–H groups in total. The quantitative estimate of drug-likeness (QED) is 0.0504. The average molecular weight is 690 g/mol. The van der Waals surface area contributed by atoms with E-state index in [2.05, 4.69) is 34.5 Å². The molecule has 1 aliphatic rings. The maximum Gasteiger partial charge on any atom is 0.301 e. The van der Waals surface area contributed by atoms with Gasteiger partial charge in [-0.3, -0.25) is 14.5 Å². The second kappa shape index (κ2) is 13.9. The molecule has 1 aliphatic heterocycles. The summed E-state index contributed by atoms with van der Waals surface area (Å²) in [5, 5.41) is 22.6. The number of halogens is 1. The van der Waals surface area contributed by atoms with Crippen LogP contribution in [0, 0.1) is 5.82 Å². The molecule has 5 aromatic carbocycles. The molecule has 11 heteroatoms. The number of carbonyl (C=O) groups excluding carboxylic acids is 2. The number of aliphatic hydroxyl groups excluding tert-OH is 1. The number of hydrogen-bond acceptors (Lipinski definition) is 9. The van der Waals surface area contributed by atoms with Crippen molar-refractivity contribution < 1.29 is 28.6 Å². The number of benzene rings is 5. The largest absolute Gasteiger partial charge is 0.507 e. The molecule has 7 rings (SSSR count). The maximum atomic E-state index is 14.7. The number of Topliss-reactive ketones (excluding diaryl/α,β-unsaturated/α-hetero) is 1. The van der Waals surface area contributed by atoms with Gasteiger partial charge in [-0.15, -0.1) is 10.2 Å². The first kappa shape index (κ1) is 32.0. The number of nitrogens with zero attached hydrogens (tertiary/aromatic N) is 3. The van der Waals surface area contributed by atoms with Crippen molar-refractivity contribution in [3.05, 3.63) is 149 Å². The van der Waals surface area contributed by atoms with Crippen molar-refractivity contribution in [2.45, 2.75) is 22.7 Å². The van der Waals surface area contributed by atoms with Crippen LogP contribution >= 0.6 is 23.1 Å². The number of carbonyl (C=O) groups is 2. The minimum absolute atomic E-state index is 0.0210. The number of methoxy groups -OCH3 is 1. The summed E-state index contributed by atoms with van der Waals surface area (Å²) in [5.41, 5.74) is 2.46. The number of thioether (sulfide) groups is 1. The van der Waals surface area contributed by atoms with Crippen LogP contribution in [0.25, 0.3) is 16.5 Å². The van der Waals surface area contributed by atoms with Crippen molar-refractivity contribution in [2.24, 2.45) is 0 Å².